The van der Waals surface area contributed by atoms with E-state index in [1.54, 1.807) is 46.6 Å². The van der Waals surface area contributed by atoms with Crippen molar-refractivity contribution in [1.29, 1.82) is 0 Å². The molecule has 6 rings (SSSR count). The summed E-state index contributed by atoms with van der Waals surface area (Å²) in [5, 5.41) is 1.67. The summed E-state index contributed by atoms with van der Waals surface area (Å²) in [5.74, 6) is 0.382. The molecule has 4 heteroatoms. The van der Waals surface area contributed by atoms with Gasteiger partial charge in [0.05, 0.1) is 0 Å². The van der Waals surface area contributed by atoms with Gasteiger partial charge in [0.15, 0.2) is 0 Å². The smallest absolute Gasteiger partial charge is 1.00 e. The van der Waals surface area contributed by atoms with Gasteiger partial charge in [-0.25, -0.2) is 0 Å². The molecule has 4 aromatic rings. The monoisotopic (exact) mass is 643 g/mol. The van der Waals surface area contributed by atoms with Gasteiger partial charge in [-0.3, -0.25) is 0 Å². The zero-order chi connectivity index (χ0) is 25.5. The summed E-state index contributed by atoms with van der Waals surface area (Å²) in [4.78, 5) is 0. The van der Waals surface area contributed by atoms with Crippen molar-refractivity contribution in [2.24, 2.45) is 0 Å². The molecular weight excluding hydrogens is 611 g/mol. The minimum absolute atomic E-state index is 0. The second-order valence-corrected chi connectivity index (χ2v) is 15.3. The number of hydrogen-bond donors (Lipinski definition) is 0. The number of unbranched alkanes of at least 4 members (excludes halogenated alkanes) is 2. The number of rotatable bonds is 7. The third-order valence-corrected chi connectivity index (χ3v) is 11.6. The van der Waals surface area contributed by atoms with Crippen molar-refractivity contribution in [3.8, 4) is 22.3 Å². The van der Waals surface area contributed by atoms with Crippen LogP contribution in [0.3, 0.4) is 0 Å². The zero-order valence-electron chi connectivity index (χ0n) is 23.0. The average Bonchev–Trinajstić information content (AvgIpc) is 3.44. The summed E-state index contributed by atoms with van der Waals surface area (Å²) in [6.07, 6.45) is 7.62. The molecule has 0 saturated heterocycles. The molecule has 0 spiro atoms. The van der Waals surface area contributed by atoms with Crippen molar-refractivity contribution in [3.05, 3.63) is 118 Å². The fraction of sp³-hybridized carbons (Fsp3) is 0.257. The number of benzene rings is 4. The third-order valence-electron chi connectivity index (χ3n) is 8.39. The number of halogens is 2. The van der Waals surface area contributed by atoms with E-state index in [4.69, 9.17) is 0 Å². The molecule has 2 unspecified atom stereocenters. The van der Waals surface area contributed by atoms with Crippen LogP contribution in [-0.4, -0.2) is 8.80 Å². The van der Waals surface area contributed by atoms with Crippen molar-refractivity contribution in [1.82, 2.24) is 0 Å². The first-order valence-corrected chi connectivity index (χ1v) is 18.3. The quantitative estimate of drug-likeness (QED) is 0.214. The molecule has 4 aromatic carbocycles. The van der Waals surface area contributed by atoms with Crippen molar-refractivity contribution in [3.63, 3.8) is 0 Å². The Bertz CT molecular complexity index is 1490. The largest absolute Gasteiger partial charge is 1.00 e. The minimum atomic E-state index is -1.05. The Morgan fingerprint density at radius 1 is 0.692 bits per heavy atom. The molecule has 0 amide bonds. The SMILES string of the molecule is CCCCCC1=Cc2c(-c3ccccc3)cccc2C1c1c([SiH](C)C)ccc2c1[CH]([Zr+2])c1ccccc1-2.[Cl-].[Cl-]. The van der Waals surface area contributed by atoms with Crippen molar-refractivity contribution < 1.29 is 49.5 Å². The Kier molecular flexibility index (Phi) is 9.98. The van der Waals surface area contributed by atoms with Crippen LogP contribution in [0.2, 0.25) is 13.1 Å². The normalized spacial score (nSPS) is 16.6. The molecule has 0 saturated carbocycles. The van der Waals surface area contributed by atoms with E-state index in [-0.39, 0.29) is 24.8 Å². The molecule has 0 heterocycles. The van der Waals surface area contributed by atoms with Gasteiger partial charge in [0.1, 0.15) is 0 Å². The van der Waals surface area contributed by atoms with Crippen LogP contribution in [0.1, 0.15) is 70.0 Å². The third kappa shape index (κ3) is 5.36. The molecule has 0 radical (unpaired) electrons. The summed E-state index contributed by atoms with van der Waals surface area (Å²) < 4.78 is 0.527. The Hall–Kier alpha value is -1.70. The Labute approximate surface area is 263 Å². The molecule has 2 aliphatic rings. The molecular formula is C35H35Cl2SiZr. The summed E-state index contributed by atoms with van der Waals surface area (Å²) in [6.45, 7) is 7.35. The van der Waals surface area contributed by atoms with Crippen LogP contribution in [0.5, 0.6) is 0 Å². The summed E-state index contributed by atoms with van der Waals surface area (Å²) in [6, 6.07) is 32.2. The van der Waals surface area contributed by atoms with E-state index in [0.717, 1.165) is 0 Å². The van der Waals surface area contributed by atoms with E-state index in [0.29, 0.717) is 9.54 Å². The van der Waals surface area contributed by atoms with Crippen LogP contribution in [-0.2, 0) is 24.7 Å². The maximum absolute atomic E-state index is 2.59. The molecule has 2 aliphatic carbocycles. The zero-order valence-corrected chi connectivity index (χ0v) is 28.1. The average molecular weight is 646 g/mol. The second-order valence-electron chi connectivity index (χ2n) is 11.0. The molecule has 0 aromatic heterocycles. The van der Waals surface area contributed by atoms with Gasteiger partial charge >= 0.3 is 241 Å². The molecule has 0 nitrogen and oxygen atoms in total. The first-order valence-electron chi connectivity index (χ1n) is 14.0. The standard InChI is InChI=1S/C35H35Si.2ClH.Zr/c1-4-5-7-16-26-23-31-27(24-13-8-6-9-14-24)18-12-19-30(31)34(26)35-32-22-25-15-10-11-17-28(25)29(32)20-21-33(35)36(2)3;;;/h6,8-15,17-23,34,36H,4-5,7,16H2,1-3H3;2*1H;/q;;;+2/p-2. The van der Waals surface area contributed by atoms with Gasteiger partial charge < -0.3 is 24.8 Å². The minimum Gasteiger partial charge on any atom is -1.00 e. The van der Waals surface area contributed by atoms with E-state index in [9.17, 15) is 0 Å². The second kappa shape index (κ2) is 12.9. The van der Waals surface area contributed by atoms with E-state index in [1.165, 1.54) is 64.6 Å². The van der Waals surface area contributed by atoms with Crippen molar-refractivity contribution in [2.45, 2.75) is 55.2 Å². The first kappa shape index (κ1) is 30.3. The Balaban J connectivity index is 0.00000176. The fourth-order valence-corrected chi connectivity index (χ4v) is 9.45. The molecule has 197 valence electrons. The van der Waals surface area contributed by atoms with E-state index < -0.39 is 8.80 Å². The van der Waals surface area contributed by atoms with E-state index in [1.807, 2.05) is 0 Å². The first-order chi connectivity index (χ1) is 18.1. The van der Waals surface area contributed by atoms with E-state index in [2.05, 4.69) is 111 Å². The predicted octanol–water partition coefficient (Wildman–Crippen LogP) is 2.78. The topological polar surface area (TPSA) is 0 Å². The summed E-state index contributed by atoms with van der Waals surface area (Å²) in [5.41, 5.74) is 15.1. The number of hydrogen-bond acceptors (Lipinski definition) is 0. The Morgan fingerprint density at radius 2 is 1.38 bits per heavy atom. The van der Waals surface area contributed by atoms with Crippen LogP contribution < -0.4 is 30.0 Å². The van der Waals surface area contributed by atoms with Gasteiger partial charge in [0.25, 0.3) is 0 Å². The van der Waals surface area contributed by atoms with E-state index >= 15 is 0 Å². The molecule has 2 atom stereocenters. The van der Waals surface area contributed by atoms with Gasteiger partial charge in [-0.2, -0.15) is 0 Å². The van der Waals surface area contributed by atoms with Gasteiger partial charge in [-0.05, 0) is 0 Å². The fourth-order valence-electron chi connectivity index (χ4n) is 6.64. The van der Waals surface area contributed by atoms with Crippen LogP contribution in [0, 0.1) is 0 Å². The molecule has 0 fully saturated rings. The number of fused-ring (bicyclic) bond motifs is 4. The molecule has 39 heavy (non-hydrogen) atoms. The maximum Gasteiger partial charge on any atom is -1.00 e. The van der Waals surface area contributed by atoms with Crippen molar-refractivity contribution in [2.75, 3.05) is 0 Å². The van der Waals surface area contributed by atoms with Gasteiger partial charge in [-0.1, -0.05) is 0 Å². The maximum atomic E-state index is 2.59. The van der Waals surface area contributed by atoms with Gasteiger partial charge in [0.2, 0.25) is 0 Å². The predicted molar refractivity (Wildman–Crippen MR) is 158 cm³/mol. The van der Waals surface area contributed by atoms with Gasteiger partial charge in [-0.15, -0.1) is 0 Å². The Morgan fingerprint density at radius 3 is 2.13 bits per heavy atom. The molecule has 0 aliphatic heterocycles. The van der Waals surface area contributed by atoms with Crippen molar-refractivity contribution >= 4 is 20.1 Å². The summed E-state index contributed by atoms with van der Waals surface area (Å²) in [7, 11) is -1.05. The number of allylic oxidation sites excluding steroid dienone is 1. The molecule has 0 bridgehead atoms. The summed E-state index contributed by atoms with van der Waals surface area (Å²) >= 11 is 1.60. The van der Waals surface area contributed by atoms with Crippen LogP contribution in [0.25, 0.3) is 28.3 Å². The van der Waals surface area contributed by atoms with Gasteiger partial charge in [0, 0.05) is 0 Å². The van der Waals surface area contributed by atoms with Crippen LogP contribution in [0.15, 0.2) is 90.5 Å². The molecule has 0 N–H and O–H groups in total. The van der Waals surface area contributed by atoms with Crippen LogP contribution >= 0.6 is 0 Å². The van der Waals surface area contributed by atoms with Crippen LogP contribution in [0.4, 0.5) is 0 Å².